The standard InChI is InChI=1S/C16H27N2O4P/c1-5-13-7-6-8-14(9-13)10-15(19)18(21)12(2)17-11-16(20)23(3,4)22/h6-9,12,16-17,20-21H,5,10-11H2,1-4H3. The molecule has 1 amide bonds. The van der Waals surface area contributed by atoms with Crippen LogP contribution in [0.1, 0.15) is 25.0 Å². The molecule has 1 aromatic carbocycles. The molecule has 0 aliphatic rings. The Balaban J connectivity index is 2.56. The van der Waals surface area contributed by atoms with Crippen LogP contribution in [-0.4, -0.2) is 53.2 Å². The summed E-state index contributed by atoms with van der Waals surface area (Å²) in [5.74, 6) is -1.45. The Morgan fingerprint density at radius 1 is 1.35 bits per heavy atom. The molecule has 1 aromatic rings. The van der Waals surface area contributed by atoms with Crippen molar-refractivity contribution in [1.82, 2.24) is 10.4 Å². The van der Waals surface area contributed by atoms with Gasteiger partial charge in [0.05, 0.1) is 6.42 Å². The third kappa shape index (κ3) is 6.43. The summed E-state index contributed by atoms with van der Waals surface area (Å²) in [7, 11) is -2.62. The van der Waals surface area contributed by atoms with E-state index >= 15 is 0 Å². The van der Waals surface area contributed by atoms with Gasteiger partial charge in [-0.15, -0.1) is 0 Å². The second kappa shape index (κ2) is 8.60. The smallest absolute Gasteiger partial charge is 0.251 e. The number of hydroxylamine groups is 2. The predicted molar refractivity (Wildman–Crippen MR) is 91.1 cm³/mol. The van der Waals surface area contributed by atoms with E-state index in [-0.39, 0.29) is 13.0 Å². The number of rotatable bonds is 8. The Bertz CT molecular complexity index is 573. The zero-order valence-electron chi connectivity index (χ0n) is 14.2. The molecule has 0 aromatic heterocycles. The molecule has 0 radical (unpaired) electrons. The van der Waals surface area contributed by atoms with Crippen LogP contribution in [0.4, 0.5) is 0 Å². The van der Waals surface area contributed by atoms with Crippen molar-refractivity contribution in [3.8, 4) is 0 Å². The van der Waals surface area contributed by atoms with Gasteiger partial charge in [0, 0.05) is 6.54 Å². The fourth-order valence-corrected chi connectivity index (χ4v) is 2.56. The number of nitrogens with one attached hydrogen (secondary N) is 1. The number of aryl methyl sites for hydroxylation is 1. The van der Waals surface area contributed by atoms with Gasteiger partial charge in [0.1, 0.15) is 19.2 Å². The van der Waals surface area contributed by atoms with Gasteiger partial charge in [-0.1, -0.05) is 31.2 Å². The highest BCUT2D eigenvalue weighted by molar-refractivity contribution is 7.62. The number of carbonyl (C=O) groups is 1. The molecule has 0 saturated heterocycles. The minimum Gasteiger partial charge on any atom is -0.384 e. The van der Waals surface area contributed by atoms with Crippen LogP contribution in [0.3, 0.4) is 0 Å². The Hall–Kier alpha value is -1.20. The van der Waals surface area contributed by atoms with Crippen molar-refractivity contribution in [3.63, 3.8) is 0 Å². The topological polar surface area (TPSA) is 89.9 Å². The Labute approximate surface area is 137 Å². The highest BCUT2D eigenvalue weighted by Gasteiger charge is 2.23. The summed E-state index contributed by atoms with van der Waals surface area (Å²) in [6.07, 6.45) is 0.298. The molecule has 130 valence electrons. The van der Waals surface area contributed by atoms with E-state index in [4.69, 9.17) is 0 Å². The Morgan fingerprint density at radius 3 is 2.52 bits per heavy atom. The molecule has 0 heterocycles. The molecule has 6 nitrogen and oxygen atoms in total. The monoisotopic (exact) mass is 342 g/mol. The number of aliphatic hydroxyl groups is 1. The van der Waals surface area contributed by atoms with Crippen LogP contribution in [0.2, 0.25) is 0 Å². The summed E-state index contributed by atoms with van der Waals surface area (Å²) in [6, 6.07) is 7.67. The van der Waals surface area contributed by atoms with Gasteiger partial charge in [0.2, 0.25) is 0 Å². The summed E-state index contributed by atoms with van der Waals surface area (Å²) in [5.41, 5.74) is 1.97. The number of hydrogen-bond donors (Lipinski definition) is 3. The predicted octanol–water partition coefficient (Wildman–Crippen LogP) is 1.89. The van der Waals surface area contributed by atoms with Crippen LogP contribution in [-0.2, 0) is 22.2 Å². The van der Waals surface area contributed by atoms with Crippen molar-refractivity contribution in [2.24, 2.45) is 0 Å². The van der Waals surface area contributed by atoms with E-state index in [0.717, 1.165) is 17.5 Å². The van der Waals surface area contributed by atoms with Crippen molar-refractivity contribution in [3.05, 3.63) is 35.4 Å². The number of amides is 1. The Morgan fingerprint density at radius 2 is 1.96 bits per heavy atom. The van der Waals surface area contributed by atoms with E-state index in [1.807, 2.05) is 31.2 Å². The second-order valence-corrected chi connectivity index (χ2v) is 9.55. The molecule has 2 unspecified atom stereocenters. The van der Waals surface area contributed by atoms with Crippen molar-refractivity contribution in [2.45, 2.75) is 38.7 Å². The van der Waals surface area contributed by atoms with Gasteiger partial charge in [-0.3, -0.25) is 15.3 Å². The minimum atomic E-state index is -2.62. The zero-order chi connectivity index (χ0) is 17.6. The molecule has 0 spiro atoms. The molecule has 23 heavy (non-hydrogen) atoms. The maximum atomic E-state index is 12.1. The Kier molecular flexibility index (Phi) is 7.42. The highest BCUT2D eigenvalue weighted by atomic mass is 31.2. The summed E-state index contributed by atoms with van der Waals surface area (Å²) < 4.78 is 11.7. The molecule has 0 bridgehead atoms. The molecule has 0 aliphatic carbocycles. The van der Waals surface area contributed by atoms with Crippen molar-refractivity contribution in [1.29, 1.82) is 0 Å². The van der Waals surface area contributed by atoms with Crippen LogP contribution in [0.5, 0.6) is 0 Å². The van der Waals surface area contributed by atoms with E-state index in [9.17, 15) is 19.7 Å². The van der Waals surface area contributed by atoms with E-state index in [1.54, 1.807) is 6.92 Å². The molecular weight excluding hydrogens is 315 g/mol. The first-order valence-corrected chi connectivity index (χ1v) is 10.4. The lowest BCUT2D eigenvalue weighted by Crippen LogP contribution is -2.47. The van der Waals surface area contributed by atoms with Gasteiger partial charge in [-0.2, -0.15) is 0 Å². The summed E-state index contributed by atoms with van der Waals surface area (Å²) in [5, 5.41) is 23.1. The van der Waals surface area contributed by atoms with Gasteiger partial charge in [0.25, 0.3) is 5.91 Å². The third-order valence-corrected chi connectivity index (χ3v) is 5.31. The quantitative estimate of drug-likeness (QED) is 0.290. The maximum absolute atomic E-state index is 12.1. The number of aliphatic hydroxyl groups excluding tert-OH is 1. The molecule has 0 saturated carbocycles. The largest absolute Gasteiger partial charge is 0.384 e. The summed E-state index contributed by atoms with van der Waals surface area (Å²) in [6.45, 7) is 6.67. The van der Waals surface area contributed by atoms with Gasteiger partial charge >= 0.3 is 0 Å². The summed E-state index contributed by atoms with van der Waals surface area (Å²) in [4.78, 5) is 12.1. The van der Waals surface area contributed by atoms with Crippen LogP contribution >= 0.6 is 7.14 Å². The second-order valence-electron chi connectivity index (χ2n) is 6.09. The molecule has 2 atom stereocenters. The van der Waals surface area contributed by atoms with Crippen molar-refractivity contribution >= 4 is 13.0 Å². The van der Waals surface area contributed by atoms with Gasteiger partial charge in [-0.25, -0.2) is 5.06 Å². The van der Waals surface area contributed by atoms with E-state index < -0.39 is 25.1 Å². The first-order chi connectivity index (χ1) is 10.6. The maximum Gasteiger partial charge on any atom is 0.251 e. The highest BCUT2D eigenvalue weighted by Crippen LogP contribution is 2.40. The summed E-state index contributed by atoms with van der Waals surface area (Å²) >= 11 is 0. The number of nitrogens with zero attached hydrogens (tertiary/aromatic N) is 1. The molecule has 7 heteroatoms. The average Bonchev–Trinajstić information content (AvgIpc) is 2.50. The lowest BCUT2D eigenvalue weighted by atomic mass is 10.1. The SMILES string of the molecule is CCc1cccc(CC(=O)N(O)C(C)NCC(O)P(C)(C)=O)c1. The van der Waals surface area contributed by atoms with E-state index in [0.29, 0.717) is 5.06 Å². The van der Waals surface area contributed by atoms with Crippen LogP contribution < -0.4 is 5.32 Å². The number of hydrogen-bond acceptors (Lipinski definition) is 5. The van der Waals surface area contributed by atoms with Gasteiger partial charge in [-0.05, 0) is 37.8 Å². The van der Waals surface area contributed by atoms with Gasteiger partial charge in [0.15, 0.2) is 0 Å². The normalized spacial score (nSPS) is 14.3. The molecule has 0 fully saturated rings. The average molecular weight is 342 g/mol. The zero-order valence-corrected chi connectivity index (χ0v) is 15.1. The minimum absolute atomic E-state index is 0.0428. The molecule has 3 N–H and O–H groups in total. The third-order valence-electron chi connectivity index (χ3n) is 3.69. The lowest BCUT2D eigenvalue weighted by Gasteiger charge is -2.25. The fraction of sp³-hybridized carbons (Fsp3) is 0.562. The molecule has 1 rings (SSSR count). The fourth-order valence-electron chi connectivity index (χ4n) is 2.01. The first kappa shape index (κ1) is 19.8. The van der Waals surface area contributed by atoms with Crippen LogP contribution in [0.25, 0.3) is 0 Å². The molecular formula is C16H27N2O4P. The first-order valence-electron chi connectivity index (χ1n) is 7.70. The number of benzene rings is 1. The van der Waals surface area contributed by atoms with Crippen LogP contribution in [0.15, 0.2) is 24.3 Å². The van der Waals surface area contributed by atoms with E-state index in [1.165, 1.54) is 13.3 Å². The van der Waals surface area contributed by atoms with Crippen molar-refractivity contribution in [2.75, 3.05) is 19.9 Å². The van der Waals surface area contributed by atoms with Gasteiger partial charge < -0.3 is 9.67 Å². The van der Waals surface area contributed by atoms with Crippen molar-refractivity contribution < 1.29 is 19.7 Å². The number of carbonyl (C=O) groups excluding carboxylic acids is 1. The lowest BCUT2D eigenvalue weighted by molar-refractivity contribution is -0.176. The molecule has 0 aliphatic heterocycles. The van der Waals surface area contributed by atoms with E-state index in [2.05, 4.69) is 5.32 Å². The van der Waals surface area contributed by atoms with Crippen LogP contribution in [0, 0.1) is 0 Å².